The molecule has 7 heteroatoms. The van der Waals surface area contributed by atoms with Crippen LogP contribution in [-0.2, 0) is 11.2 Å². The van der Waals surface area contributed by atoms with Crippen LogP contribution < -0.4 is 15.8 Å². The van der Waals surface area contributed by atoms with Crippen molar-refractivity contribution in [1.29, 1.82) is 0 Å². The molecule has 1 rings (SSSR count). The van der Waals surface area contributed by atoms with Crippen LogP contribution >= 0.6 is 0 Å². The van der Waals surface area contributed by atoms with E-state index in [0.29, 0.717) is 11.3 Å². The largest absolute Gasteiger partial charge is 0.497 e. The lowest BCUT2D eigenvalue weighted by Crippen LogP contribution is -2.56. The number of amides is 1. The second-order valence-corrected chi connectivity index (χ2v) is 4.69. The van der Waals surface area contributed by atoms with Crippen molar-refractivity contribution in [3.05, 3.63) is 29.8 Å². The number of ether oxygens (including phenoxy) is 1. The van der Waals surface area contributed by atoms with Crippen molar-refractivity contribution in [1.82, 2.24) is 5.32 Å². The monoisotopic (exact) mass is 290 g/mol. The molecule has 0 saturated carbocycles. The summed E-state index contributed by atoms with van der Waals surface area (Å²) in [5.74, 6) is -0.213. The molecule has 0 fully saturated rings. The Kier molecular flexibility index (Phi) is 4.99. The summed E-state index contributed by atoms with van der Waals surface area (Å²) >= 11 is 0. The van der Waals surface area contributed by atoms with Crippen LogP contribution in [-0.4, -0.2) is 31.3 Å². The van der Waals surface area contributed by atoms with Crippen LogP contribution in [0.1, 0.15) is 12.5 Å². The van der Waals surface area contributed by atoms with Crippen LogP contribution in [0.5, 0.6) is 5.75 Å². The van der Waals surface area contributed by atoms with Crippen molar-refractivity contribution in [2.45, 2.75) is 25.1 Å². The van der Waals surface area contributed by atoms with Gasteiger partial charge in [-0.05, 0) is 31.0 Å². The number of carbonyl (C=O) groups excluding carboxylic acids is 1. The molecule has 0 spiro atoms. The van der Waals surface area contributed by atoms with Gasteiger partial charge in [-0.2, -0.15) is 13.2 Å². The maximum atomic E-state index is 12.3. The van der Waals surface area contributed by atoms with Crippen LogP contribution in [0.3, 0.4) is 0 Å². The van der Waals surface area contributed by atoms with Gasteiger partial charge in [0.25, 0.3) is 0 Å². The van der Waals surface area contributed by atoms with E-state index in [1.54, 1.807) is 24.3 Å². The van der Waals surface area contributed by atoms with Gasteiger partial charge in [-0.25, -0.2) is 0 Å². The molecule has 1 atom stereocenters. The quantitative estimate of drug-likeness (QED) is 0.837. The van der Waals surface area contributed by atoms with E-state index in [2.05, 4.69) is 5.32 Å². The number of hydrogen-bond acceptors (Lipinski definition) is 3. The lowest BCUT2D eigenvalue weighted by Gasteiger charge is -2.28. The molecule has 20 heavy (non-hydrogen) atoms. The zero-order valence-electron chi connectivity index (χ0n) is 11.3. The van der Waals surface area contributed by atoms with E-state index in [4.69, 9.17) is 10.5 Å². The second kappa shape index (κ2) is 6.13. The molecule has 0 aromatic heterocycles. The minimum Gasteiger partial charge on any atom is -0.497 e. The minimum atomic E-state index is -4.41. The zero-order chi connectivity index (χ0) is 15.4. The first-order valence-electron chi connectivity index (χ1n) is 5.91. The second-order valence-electron chi connectivity index (χ2n) is 4.69. The number of carbonyl (C=O) groups is 1. The predicted octanol–water partition coefficient (Wildman–Crippen LogP) is 1.63. The van der Waals surface area contributed by atoms with Gasteiger partial charge in [-0.1, -0.05) is 12.1 Å². The lowest BCUT2D eigenvalue weighted by atomic mass is 9.92. The van der Waals surface area contributed by atoms with E-state index in [9.17, 15) is 18.0 Å². The summed E-state index contributed by atoms with van der Waals surface area (Å²) in [5, 5.41) is 2.18. The molecule has 0 heterocycles. The van der Waals surface area contributed by atoms with Crippen LogP contribution in [0, 0.1) is 0 Å². The Labute approximate surface area is 115 Å². The van der Waals surface area contributed by atoms with E-state index in [1.807, 2.05) is 0 Å². The Morgan fingerprint density at radius 1 is 1.30 bits per heavy atom. The molecular weight excluding hydrogens is 273 g/mol. The summed E-state index contributed by atoms with van der Waals surface area (Å²) in [5.41, 5.74) is 4.42. The number of rotatable bonds is 6. The Balaban J connectivity index is 2.82. The summed E-state index contributed by atoms with van der Waals surface area (Å²) < 4.78 is 41.8. The summed E-state index contributed by atoms with van der Waals surface area (Å²) in [6.07, 6.45) is -4.35. The smallest absolute Gasteiger partial charge is 0.401 e. The molecule has 0 aliphatic rings. The molecule has 0 bridgehead atoms. The number of methoxy groups -OCH3 is 1. The number of hydrogen-bond donors (Lipinski definition) is 2. The third kappa shape index (κ3) is 4.73. The summed E-state index contributed by atoms with van der Waals surface area (Å²) in [4.78, 5) is 11.4. The maximum Gasteiger partial charge on any atom is 0.401 e. The van der Waals surface area contributed by atoms with Crippen LogP contribution in [0.15, 0.2) is 24.3 Å². The van der Waals surface area contributed by atoms with Gasteiger partial charge in [0.05, 0.1) is 19.2 Å². The Bertz CT molecular complexity index is 460. The summed E-state index contributed by atoms with van der Waals surface area (Å²) in [6, 6.07) is 6.69. The van der Waals surface area contributed by atoms with Gasteiger partial charge < -0.3 is 10.5 Å². The van der Waals surface area contributed by atoms with Gasteiger partial charge in [0.15, 0.2) is 0 Å². The van der Waals surface area contributed by atoms with Crippen molar-refractivity contribution in [2.24, 2.45) is 5.73 Å². The Morgan fingerprint density at radius 2 is 1.85 bits per heavy atom. The molecule has 112 valence electrons. The molecule has 1 amide bonds. The Hall–Kier alpha value is -1.76. The fraction of sp³-hybridized carbons (Fsp3) is 0.462. The number of primary amides is 1. The number of nitrogens with two attached hydrogens (primary N) is 1. The highest BCUT2D eigenvalue weighted by Crippen LogP contribution is 2.19. The number of nitrogens with one attached hydrogen (secondary N) is 1. The highest BCUT2D eigenvalue weighted by molar-refractivity contribution is 5.84. The average molecular weight is 290 g/mol. The SMILES string of the molecule is COc1ccc(CC(C)(NCC(F)(F)F)C(N)=O)cc1. The number of alkyl halides is 3. The summed E-state index contributed by atoms with van der Waals surface area (Å²) in [6.45, 7) is 0.0773. The molecule has 1 aromatic carbocycles. The molecule has 0 radical (unpaired) electrons. The van der Waals surface area contributed by atoms with Gasteiger partial charge >= 0.3 is 6.18 Å². The third-order valence-corrected chi connectivity index (χ3v) is 2.94. The molecule has 0 saturated heterocycles. The fourth-order valence-electron chi connectivity index (χ4n) is 1.68. The Morgan fingerprint density at radius 3 is 2.25 bits per heavy atom. The average Bonchev–Trinajstić information content (AvgIpc) is 2.36. The van der Waals surface area contributed by atoms with E-state index < -0.39 is 24.2 Å². The number of halogens is 3. The van der Waals surface area contributed by atoms with Gasteiger partial charge in [-0.3, -0.25) is 10.1 Å². The van der Waals surface area contributed by atoms with Crippen LogP contribution in [0.2, 0.25) is 0 Å². The van der Waals surface area contributed by atoms with Gasteiger partial charge in [0, 0.05) is 0 Å². The van der Waals surface area contributed by atoms with E-state index in [-0.39, 0.29) is 6.42 Å². The normalized spacial score (nSPS) is 14.7. The van der Waals surface area contributed by atoms with E-state index in [0.717, 1.165) is 0 Å². The first-order valence-corrected chi connectivity index (χ1v) is 5.91. The fourth-order valence-corrected chi connectivity index (χ4v) is 1.68. The highest BCUT2D eigenvalue weighted by atomic mass is 19.4. The maximum absolute atomic E-state index is 12.3. The van der Waals surface area contributed by atoms with Gasteiger partial charge in [-0.15, -0.1) is 0 Å². The third-order valence-electron chi connectivity index (χ3n) is 2.94. The summed E-state index contributed by atoms with van der Waals surface area (Å²) in [7, 11) is 1.51. The van der Waals surface area contributed by atoms with Gasteiger partial charge in [0.2, 0.25) is 5.91 Å². The van der Waals surface area contributed by atoms with Crippen molar-refractivity contribution in [3.63, 3.8) is 0 Å². The van der Waals surface area contributed by atoms with Crippen molar-refractivity contribution >= 4 is 5.91 Å². The van der Waals surface area contributed by atoms with Crippen molar-refractivity contribution in [3.8, 4) is 5.75 Å². The zero-order valence-corrected chi connectivity index (χ0v) is 11.3. The standard InChI is InChI=1S/C13H17F3N2O2/c1-12(11(17)19,18-8-13(14,15)16)7-9-3-5-10(20-2)6-4-9/h3-6,18H,7-8H2,1-2H3,(H2,17,19). The van der Waals surface area contributed by atoms with Crippen LogP contribution in [0.4, 0.5) is 13.2 Å². The molecule has 0 aliphatic heterocycles. The van der Waals surface area contributed by atoms with E-state index in [1.165, 1.54) is 14.0 Å². The molecule has 1 aromatic rings. The number of benzene rings is 1. The van der Waals surface area contributed by atoms with Crippen molar-refractivity contribution in [2.75, 3.05) is 13.7 Å². The molecule has 0 aliphatic carbocycles. The minimum absolute atomic E-state index is 0.0579. The van der Waals surface area contributed by atoms with Gasteiger partial charge in [0.1, 0.15) is 5.75 Å². The van der Waals surface area contributed by atoms with E-state index >= 15 is 0 Å². The molecule has 3 N–H and O–H groups in total. The first-order chi connectivity index (χ1) is 9.16. The van der Waals surface area contributed by atoms with Crippen LogP contribution in [0.25, 0.3) is 0 Å². The molecule has 4 nitrogen and oxygen atoms in total. The lowest BCUT2D eigenvalue weighted by molar-refractivity contribution is -0.135. The molecular formula is C13H17F3N2O2. The molecule has 1 unspecified atom stereocenters. The highest BCUT2D eigenvalue weighted by Gasteiger charge is 2.36. The predicted molar refractivity (Wildman–Crippen MR) is 68.4 cm³/mol. The van der Waals surface area contributed by atoms with Crippen molar-refractivity contribution < 1.29 is 22.7 Å². The first kappa shape index (κ1) is 16.3. The topological polar surface area (TPSA) is 64.3 Å².